The molecule has 0 amide bonds. The highest BCUT2D eigenvalue weighted by molar-refractivity contribution is 7.09. The lowest BCUT2D eigenvalue weighted by Gasteiger charge is -2.20. The van der Waals surface area contributed by atoms with E-state index in [0.29, 0.717) is 5.92 Å². The molecule has 13 heavy (non-hydrogen) atoms. The standard InChI is InChI=1S/C10H15NOS/c1-10(2,5-12)9-8(7-3-4-7)11-6-13-9/h6-7,12H,3-5H2,1-2H3. The average Bonchev–Trinajstić information content (AvgIpc) is 2.83. The van der Waals surface area contributed by atoms with E-state index in [9.17, 15) is 5.11 Å². The van der Waals surface area contributed by atoms with Crippen molar-refractivity contribution in [1.82, 2.24) is 4.98 Å². The molecular weight excluding hydrogens is 182 g/mol. The van der Waals surface area contributed by atoms with Crippen LogP contribution in [-0.2, 0) is 5.41 Å². The van der Waals surface area contributed by atoms with Crippen molar-refractivity contribution in [3.05, 3.63) is 16.1 Å². The Balaban J connectivity index is 2.33. The van der Waals surface area contributed by atoms with E-state index in [-0.39, 0.29) is 12.0 Å². The Bertz CT molecular complexity index is 302. The quantitative estimate of drug-likeness (QED) is 0.806. The minimum absolute atomic E-state index is 0.112. The molecule has 2 rings (SSSR count). The molecule has 0 radical (unpaired) electrons. The molecule has 1 N–H and O–H groups in total. The summed E-state index contributed by atoms with van der Waals surface area (Å²) in [6, 6.07) is 0. The van der Waals surface area contributed by atoms with Crippen LogP contribution in [-0.4, -0.2) is 16.7 Å². The lowest BCUT2D eigenvalue weighted by Crippen LogP contribution is -2.22. The Hall–Kier alpha value is -0.410. The van der Waals surface area contributed by atoms with Crippen LogP contribution in [0.3, 0.4) is 0 Å². The van der Waals surface area contributed by atoms with E-state index in [1.807, 2.05) is 5.51 Å². The second kappa shape index (κ2) is 3.07. The summed E-state index contributed by atoms with van der Waals surface area (Å²) in [6.45, 7) is 4.35. The number of aliphatic hydroxyl groups excluding tert-OH is 1. The Morgan fingerprint density at radius 1 is 1.62 bits per heavy atom. The smallest absolute Gasteiger partial charge is 0.0798 e. The summed E-state index contributed by atoms with van der Waals surface area (Å²) >= 11 is 1.68. The third kappa shape index (κ3) is 1.63. The maximum atomic E-state index is 9.27. The van der Waals surface area contributed by atoms with Crippen LogP contribution < -0.4 is 0 Å². The number of thiazole rings is 1. The highest BCUT2D eigenvalue weighted by Crippen LogP contribution is 2.44. The first-order valence-corrected chi connectivity index (χ1v) is 5.58. The molecule has 1 fully saturated rings. The molecular formula is C10H15NOS. The van der Waals surface area contributed by atoms with Gasteiger partial charge in [-0.2, -0.15) is 0 Å². The predicted molar refractivity (Wildman–Crippen MR) is 54.2 cm³/mol. The van der Waals surface area contributed by atoms with Crippen LogP contribution in [0, 0.1) is 0 Å². The maximum Gasteiger partial charge on any atom is 0.0798 e. The van der Waals surface area contributed by atoms with Gasteiger partial charge >= 0.3 is 0 Å². The molecule has 1 aromatic rings. The third-order valence-corrected chi connectivity index (χ3v) is 3.78. The van der Waals surface area contributed by atoms with E-state index < -0.39 is 0 Å². The van der Waals surface area contributed by atoms with Crippen molar-refractivity contribution in [3.63, 3.8) is 0 Å². The second-order valence-corrected chi connectivity index (χ2v) is 5.24. The first kappa shape index (κ1) is 9.16. The predicted octanol–water partition coefficient (Wildman–Crippen LogP) is 2.29. The van der Waals surface area contributed by atoms with Gasteiger partial charge in [-0.05, 0) is 12.8 Å². The highest BCUT2D eigenvalue weighted by Gasteiger charge is 2.33. The van der Waals surface area contributed by atoms with Crippen molar-refractivity contribution >= 4 is 11.3 Å². The monoisotopic (exact) mass is 197 g/mol. The molecule has 0 atom stereocenters. The lowest BCUT2D eigenvalue weighted by molar-refractivity contribution is 0.220. The van der Waals surface area contributed by atoms with E-state index in [4.69, 9.17) is 0 Å². The summed E-state index contributed by atoms with van der Waals surface area (Å²) in [5.74, 6) is 0.687. The summed E-state index contributed by atoms with van der Waals surface area (Å²) in [6.07, 6.45) is 2.55. The van der Waals surface area contributed by atoms with E-state index in [1.54, 1.807) is 11.3 Å². The molecule has 1 saturated carbocycles. The molecule has 0 unspecified atom stereocenters. The number of nitrogens with zero attached hydrogens (tertiary/aromatic N) is 1. The van der Waals surface area contributed by atoms with Crippen LogP contribution in [0.15, 0.2) is 5.51 Å². The van der Waals surface area contributed by atoms with Gasteiger partial charge in [0.05, 0.1) is 17.8 Å². The third-order valence-electron chi connectivity index (χ3n) is 2.57. The molecule has 1 aliphatic carbocycles. The van der Waals surface area contributed by atoms with Crippen molar-refractivity contribution in [2.75, 3.05) is 6.61 Å². The summed E-state index contributed by atoms with van der Waals surface area (Å²) in [4.78, 5) is 5.68. The fourth-order valence-electron chi connectivity index (χ4n) is 1.48. The van der Waals surface area contributed by atoms with Gasteiger partial charge in [0.1, 0.15) is 0 Å². The SMILES string of the molecule is CC(C)(CO)c1scnc1C1CC1. The van der Waals surface area contributed by atoms with Gasteiger partial charge in [0.15, 0.2) is 0 Å². The number of aliphatic hydroxyl groups is 1. The molecule has 72 valence electrons. The number of aromatic nitrogens is 1. The van der Waals surface area contributed by atoms with Crippen LogP contribution >= 0.6 is 11.3 Å². The van der Waals surface area contributed by atoms with Gasteiger partial charge in [-0.15, -0.1) is 11.3 Å². The van der Waals surface area contributed by atoms with E-state index in [1.165, 1.54) is 23.4 Å². The fraction of sp³-hybridized carbons (Fsp3) is 0.700. The van der Waals surface area contributed by atoms with Crippen LogP contribution in [0.4, 0.5) is 0 Å². The van der Waals surface area contributed by atoms with Crippen LogP contribution in [0.1, 0.15) is 43.2 Å². The molecule has 0 aromatic carbocycles. The number of hydrogen-bond donors (Lipinski definition) is 1. The molecule has 0 aliphatic heterocycles. The number of rotatable bonds is 3. The molecule has 1 heterocycles. The Morgan fingerprint density at radius 3 is 2.85 bits per heavy atom. The lowest BCUT2D eigenvalue weighted by atomic mass is 9.90. The van der Waals surface area contributed by atoms with E-state index in [2.05, 4.69) is 18.8 Å². The topological polar surface area (TPSA) is 33.1 Å². The first-order chi connectivity index (χ1) is 6.15. The Morgan fingerprint density at radius 2 is 2.31 bits per heavy atom. The fourth-order valence-corrected chi connectivity index (χ4v) is 2.48. The van der Waals surface area contributed by atoms with Crippen LogP contribution in [0.25, 0.3) is 0 Å². The van der Waals surface area contributed by atoms with Crippen molar-refractivity contribution in [3.8, 4) is 0 Å². The van der Waals surface area contributed by atoms with Crippen molar-refractivity contribution in [1.29, 1.82) is 0 Å². The molecule has 1 aromatic heterocycles. The summed E-state index contributed by atoms with van der Waals surface area (Å²) in [7, 11) is 0. The van der Waals surface area contributed by atoms with Crippen LogP contribution in [0.5, 0.6) is 0 Å². The van der Waals surface area contributed by atoms with Crippen molar-refractivity contribution in [2.45, 2.75) is 38.0 Å². The molecule has 2 nitrogen and oxygen atoms in total. The first-order valence-electron chi connectivity index (χ1n) is 4.70. The van der Waals surface area contributed by atoms with Crippen molar-refractivity contribution in [2.24, 2.45) is 0 Å². The van der Waals surface area contributed by atoms with Gasteiger partial charge in [0.2, 0.25) is 0 Å². The average molecular weight is 197 g/mol. The van der Waals surface area contributed by atoms with Crippen LogP contribution in [0.2, 0.25) is 0 Å². The maximum absolute atomic E-state index is 9.27. The van der Waals surface area contributed by atoms with Gasteiger partial charge in [0, 0.05) is 16.2 Å². The molecule has 0 spiro atoms. The molecule has 0 saturated heterocycles. The Labute approximate surface area is 82.6 Å². The summed E-state index contributed by atoms with van der Waals surface area (Å²) in [5, 5.41) is 9.27. The second-order valence-electron chi connectivity index (χ2n) is 4.38. The highest BCUT2D eigenvalue weighted by atomic mass is 32.1. The Kier molecular flexibility index (Phi) is 2.16. The van der Waals surface area contributed by atoms with Gasteiger partial charge in [-0.3, -0.25) is 0 Å². The van der Waals surface area contributed by atoms with E-state index in [0.717, 1.165) is 0 Å². The minimum atomic E-state index is -0.112. The van der Waals surface area contributed by atoms with Gasteiger partial charge in [-0.25, -0.2) is 4.98 Å². The van der Waals surface area contributed by atoms with Gasteiger partial charge < -0.3 is 5.11 Å². The van der Waals surface area contributed by atoms with Gasteiger partial charge in [-0.1, -0.05) is 13.8 Å². The van der Waals surface area contributed by atoms with Crippen molar-refractivity contribution < 1.29 is 5.11 Å². The van der Waals surface area contributed by atoms with Gasteiger partial charge in [0.25, 0.3) is 0 Å². The molecule has 1 aliphatic rings. The van der Waals surface area contributed by atoms with E-state index >= 15 is 0 Å². The zero-order valence-electron chi connectivity index (χ0n) is 8.08. The minimum Gasteiger partial charge on any atom is -0.395 e. The zero-order chi connectivity index (χ0) is 9.47. The molecule has 3 heteroatoms. The summed E-state index contributed by atoms with van der Waals surface area (Å²) < 4.78 is 0. The molecule has 0 bridgehead atoms. The number of hydrogen-bond acceptors (Lipinski definition) is 3. The largest absolute Gasteiger partial charge is 0.395 e. The summed E-state index contributed by atoms with van der Waals surface area (Å²) in [5.41, 5.74) is 3.03. The zero-order valence-corrected chi connectivity index (χ0v) is 8.90. The normalized spacial score (nSPS) is 17.8.